The second kappa shape index (κ2) is 9.30. The van der Waals surface area contributed by atoms with Crippen molar-refractivity contribution in [3.63, 3.8) is 0 Å². The van der Waals surface area contributed by atoms with Gasteiger partial charge in [0.1, 0.15) is 24.0 Å². The first-order valence-corrected chi connectivity index (χ1v) is 10.1. The van der Waals surface area contributed by atoms with Crippen LogP contribution in [-0.2, 0) is 19.5 Å². The Morgan fingerprint density at radius 3 is 2.66 bits per heavy atom. The van der Waals surface area contributed by atoms with E-state index in [1.165, 1.54) is 5.56 Å². The Labute approximate surface area is 171 Å². The van der Waals surface area contributed by atoms with Gasteiger partial charge < -0.3 is 14.8 Å². The summed E-state index contributed by atoms with van der Waals surface area (Å²) in [5, 5.41) is 20.9. The van der Waals surface area contributed by atoms with Crippen LogP contribution >= 0.6 is 0 Å². The minimum Gasteiger partial charge on any atom is -0.357 e. The third-order valence-electron chi connectivity index (χ3n) is 5.42. The van der Waals surface area contributed by atoms with Crippen molar-refractivity contribution < 1.29 is 0 Å². The molecule has 148 valence electrons. The van der Waals surface area contributed by atoms with Crippen molar-refractivity contribution in [3.8, 4) is 6.07 Å². The van der Waals surface area contributed by atoms with Crippen molar-refractivity contribution in [1.29, 1.82) is 5.26 Å². The van der Waals surface area contributed by atoms with Gasteiger partial charge in [-0.15, -0.1) is 10.2 Å². The highest BCUT2D eigenvalue weighted by Crippen LogP contribution is 2.18. The maximum absolute atomic E-state index is 8.90. The number of nitriles is 1. The molecule has 0 saturated carbocycles. The standard InChI is InChI=1S/C22H25N7/c23-14-19-6-7-21(25-15-19)28-12-9-20(10-13-28)24-16-22-27-26-17-29(22)11-8-18-4-2-1-3-5-18/h1-7,15,17,20,24H,8-13,16H2. The summed E-state index contributed by atoms with van der Waals surface area (Å²) in [4.78, 5) is 6.68. The van der Waals surface area contributed by atoms with Crippen LogP contribution in [0.25, 0.3) is 0 Å². The van der Waals surface area contributed by atoms with Gasteiger partial charge in [-0.1, -0.05) is 30.3 Å². The number of anilines is 1. The van der Waals surface area contributed by atoms with Crippen LogP contribution in [-0.4, -0.2) is 38.9 Å². The summed E-state index contributed by atoms with van der Waals surface area (Å²) in [5.41, 5.74) is 1.92. The maximum atomic E-state index is 8.90. The summed E-state index contributed by atoms with van der Waals surface area (Å²) in [7, 11) is 0. The molecule has 1 saturated heterocycles. The molecule has 0 aliphatic carbocycles. The fraction of sp³-hybridized carbons (Fsp3) is 0.364. The Bertz CT molecular complexity index is 935. The van der Waals surface area contributed by atoms with Gasteiger partial charge in [0.25, 0.3) is 0 Å². The van der Waals surface area contributed by atoms with Crippen molar-refractivity contribution in [3.05, 3.63) is 71.9 Å². The summed E-state index contributed by atoms with van der Waals surface area (Å²) in [6, 6.07) is 16.8. The second-order valence-electron chi connectivity index (χ2n) is 7.34. The number of rotatable bonds is 7. The van der Waals surface area contributed by atoms with Crippen LogP contribution in [0.15, 0.2) is 55.0 Å². The number of hydrogen-bond acceptors (Lipinski definition) is 6. The minimum atomic E-state index is 0.462. The van der Waals surface area contributed by atoms with Crippen LogP contribution in [0.1, 0.15) is 29.8 Å². The van der Waals surface area contributed by atoms with E-state index in [1.807, 2.05) is 24.5 Å². The topological polar surface area (TPSA) is 82.7 Å². The molecule has 0 amide bonds. The third-order valence-corrected chi connectivity index (χ3v) is 5.42. The molecule has 1 N–H and O–H groups in total. The van der Waals surface area contributed by atoms with E-state index in [-0.39, 0.29) is 0 Å². The number of piperidine rings is 1. The zero-order valence-corrected chi connectivity index (χ0v) is 16.4. The minimum absolute atomic E-state index is 0.462. The fourth-order valence-corrected chi connectivity index (χ4v) is 3.68. The molecule has 0 unspecified atom stereocenters. The Morgan fingerprint density at radius 1 is 1.10 bits per heavy atom. The van der Waals surface area contributed by atoms with E-state index in [0.717, 1.165) is 57.1 Å². The number of aromatic nitrogens is 4. The molecule has 1 aromatic carbocycles. The number of nitrogens with zero attached hydrogens (tertiary/aromatic N) is 6. The zero-order chi connectivity index (χ0) is 19.9. The average molecular weight is 387 g/mol. The molecule has 3 aromatic rings. The molecule has 7 nitrogen and oxygen atoms in total. The van der Waals surface area contributed by atoms with Gasteiger partial charge in [-0.2, -0.15) is 5.26 Å². The number of hydrogen-bond donors (Lipinski definition) is 1. The van der Waals surface area contributed by atoms with Crippen LogP contribution in [0.2, 0.25) is 0 Å². The molecule has 0 atom stereocenters. The van der Waals surface area contributed by atoms with Gasteiger partial charge in [-0.3, -0.25) is 0 Å². The highest BCUT2D eigenvalue weighted by atomic mass is 15.3. The number of nitrogens with one attached hydrogen (secondary N) is 1. The zero-order valence-electron chi connectivity index (χ0n) is 16.4. The van der Waals surface area contributed by atoms with Gasteiger partial charge in [0.15, 0.2) is 0 Å². The molecule has 29 heavy (non-hydrogen) atoms. The largest absolute Gasteiger partial charge is 0.357 e. The lowest BCUT2D eigenvalue weighted by Gasteiger charge is -2.33. The van der Waals surface area contributed by atoms with E-state index in [0.29, 0.717) is 11.6 Å². The Morgan fingerprint density at radius 2 is 1.93 bits per heavy atom. The van der Waals surface area contributed by atoms with E-state index >= 15 is 0 Å². The quantitative estimate of drug-likeness (QED) is 0.671. The third kappa shape index (κ3) is 4.98. The molecule has 7 heteroatoms. The maximum Gasteiger partial charge on any atom is 0.146 e. The second-order valence-corrected chi connectivity index (χ2v) is 7.34. The summed E-state index contributed by atoms with van der Waals surface area (Å²) < 4.78 is 2.13. The van der Waals surface area contributed by atoms with Crippen LogP contribution < -0.4 is 10.2 Å². The first kappa shape index (κ1) is 19.1. The van der Waals surface area contributed by atoms with E-state index in [2.05, 4.69) is 60.3 Å². The number of aryl methyl sites for hydroxylation is 2. The molecule has 1 aliphatic rings. The van der Waals surface area contributed by atoms with E-state index < -0.39 is 0 Å². The van der Waals surface area contributed by atoms with Gasteiger partial charge in [0.2, 0.25) is 0 Å². The Hall–Kier alpha value is -3.24. The predicted octanol–water partition coefficient (Wildman–Crippen LogP) is 2.55. The van der Waals surface area contributed by atoms with Crippen LogP contribution in [0.4, 0.5) is 5.82 Å². The molecule has 2 aromatic heterocycles. The van der Waals surface area contributed by atoms with E-state index in [4.69, 9.17) is 5.26 Å². The lowest BCUT2D eigenvalue weighted by Crippen LogP contribution is -2.42. The van der Waals surface area contributed by atoms with Crippen LogP contribution in [0, 0.1) is 11.3 Å². The van der Waals surface area contributed by atoms with Crippen molar-refractivity contribution in [2.24, 2.45) is 0 Å². The highest BCUT2D eigenvalue weighted by Gasteiger charge is 2.20. The molecule has 0 radical (unpaired) electrons. The lowest BCUT2D eigenvalue weighted by atomic mass is 10.0. The summed E-state index contributed by atoms with van der Waals surface area (Å²) in [6.07, 6.45) is 6.54. The van der Waals surface area contributed by atoms with Gasteiger partial charge in [0.05, 0.1) is 12.1 Å². The van der Waals surface area contributed by atoms with Crippen molar-refractivity contribution in [2.45, 2.75) is 38.4 Å². The van der Waals surface area contributed by atoms with Gasteiger partial charge in [0, 0.05) is 31.9 Å². The molecule has 0 bridgehead atoms. The lowest BCUT2D eigenvalue weighted by molar-refractivity contribution is 0.404. The van der Waals surface area contributed by atoms with Crippen molar-refractivity contribution in [1.82, 2.24) is 25.1 Å². The molecule has 1 aliphatic heterocycles. The first-order chi connectivity index (χ1) is 14.3. The summed E-state index contributed by atoms with van der Waals surface area (Å²) in [6.45, 7) is 3.53. The van der Waals surface area contributed by atoms with E-state index in [9.17, 15) is 0 Å². The molecule has 4 rings (SSSR count). The van der Waals surface area contributed by atoms with Crippen LogP contribution in [0.3, 0.4) is 0 Å². The summed E-state index contributed by atoms with van der Waals surface area (Å²) >= 11 is 0. The van der Waals surface area contributed by atoms with Crippen molar-refractivity contribution >= 4 is 5.82 Å². The molecular weight excluding hydrogens is 362 g/mol. The molecular formula is C22H25N7. The highest BCUT2D eigenvalue weighted by molar-refractivity contribution is 5.42. The monoisotopic (exact) mass is 387 g/mol. The summed E-state index contributed by atoms with van der Waals surface area (Å²) in [5.74, 6) is 1.93. The fourth-order valence-electron chi connectivity index (χ4n) is 3.68. The van der Waals surface area contributed by atoms with Crippen LogP contribution in [0.5, 0.6) is 0 Å². The Balaban J connectivity index is 1.24. The molecule has 3 heterocycles. The molecule has 1 fully saturated rings. The number of benzene rings is 1. The smallest absolute Gasteiger partial charge is 0.146 e. The van der Waals surface area contributed by atoms with Gasteiger partial charge >= 0.3 is 0 Å². The van der Waals surface area contributed by atoms with Crippen molar-refractivity contribution in [2.75, 3.05) is 18.0 Å². The predicted molar refractivity (Wildman–Crippen MR) is 111 cm³/mol. The molecule has 0 spiro atoms. The SMILES string of the molecule is N#Cc1ccc(N2CCC(NCc3nncn3CCc3ccccc3)CC2)nc1. The van der Waals surface area contributed by atoms with E-state index in [1.54, 1.807) is 6.20 Å². The number of pyridine rings is 1. The van der Waals surface area contributed by atoms with Gasteiger partial charge in [-0.05, 0) is 37.0 Å². The van der Waals surface area contributed by atoms with Gasteiger partial charge in [-0.25, -0.2) is 4.98 Å². The first-order valence-electron chi connectivity index (χ1n) is 10.1. The average Bonchev–Trinajstić information content (AvgIpc) is 3.25. The Kier molecular flexibility index (Phi) is 6.13. The normalized spacial score (nSPS) is 14.7.